The maximum Gasteiger partial charge on any atom is 0.175 e. The van der Waals surface area contributed by atoms with Crippen molar-refractivity contribution in [1.29, 1.82) is 0 Å². The van der Waals surface area contributed by atoms with E-state index in [-0.39, 0.29) is 10.8 Å². The highest BCUT2D eigenvalue weighted by molar-refractivity contribution is 7.90. The highest BCUT2D eigenvalue weighted by Crippen LogP contribution is 2.39. The van der Waals surface area contributed by atoms with Crippen molar-refractivity contribution in [1.82, 2.24) is 14.8 Å². The molecule has 2 aromatic carbocycles. The highest BCUT2D eigenvalue weighted by atomic mass is 35.5. The minimum Gasteiger partial charge on any atom is -0.339 e. The van der Waals surface area contributed by atoms with E-state index in [0.717, 1.165) is 28.7 Å². The molecule has 0 bridgehead atoms. The molecule has 2 heterocycles. The first-order valence-electron chi connectivity index (χ1n) is 8.55. The molecule has 0 saturated carbocycles. The summed E-state index contributed by atoms with van der Waals surface area (Å²) in [7, 11) is -3.34. The van der Waals surface area contributed by atoms with Gasteiger partial charge in [0.25, 0.3) is 0 Å². The van der Waals surface area contributed by atoms with E-state index in [9.17, 15) is 8.42 Å². The molecule has 0 radical (unpaired) electrons. The van der Waals surface area contributed by atoms with Gasteiger partial charge in [-0.25, -0.2) is 8.42 Å². The summed E-state index contributed by atoms with van der Waals surface area (Å²) in [6.07, 6.45) is 1.22. The molecule has 0 saturated heterocycles. The first-order chi connectivity index (χ1) is 12.8. The molecule has 3 aromatic rings. The summed E-state index contributed by atoms with van der Waals surface area (Å²) in [5.41, 5.74) is 2.60. The van der Waals surface area contributed by atoms with E-state index in [1.807, 2.05) is 41.8 Å². The second-order valence-corrected chi connectivity index (χ2v) is 9.30. The molecular formula is C19H19ClN4O2S. The van der Waals surface area contributed by atoms with Gasteiger partial charge in [-0.2, -0.15) is 0 Å². The summed E-state index contributed by atoms with van der Waals surface area (Å²) in [6, 6.07) is 12.7. The van der Waals surface area contributed by atoms with E-state index < -0.39 is 9.84 Å². The molecule has 0 spiro atoms. The summed E-state index contributed by atoms with van der Waals surface area (Å²) in [5, 5.41) is 9.24. The average Bonchev–Trinajstić information content (AvgIpc) is 2.95. The Bertz CT molecular complexity index is 1120. The molecule has 140 valence electrons. The Balaban J connectivity index is 2.00. The number of anilines is 2. The highest BCUT2D eigenvalue weighted by Gasteiger charge is 2.29. The van der Waals surface area contributed by atoms with Gasteiger partial charge >= 0.3 is 0 Å². The zero-order chi connectivity index (χ0) is 19.3. The summed E-state index contributed by atoms with van der Waals surface area (Å²) in [4.78, 5) is 2.39. The first-order valence-corrected chi connectivity index (χ1v) is 10.8. The van der Waals surface area contributed by atoms with E-state index in [0.29, 0.717) is 11.6 Å². The monoisotopic (exact) mass is 402 g/mol. The van der Waals surface area contributed by atoms with Crippen molar-refractivity contribution in [3.05, 3.63) is 59.1 Å². The van der Waals surface area contributed by atoms with Gasteiger partial charge in [0.1, 0.15) is 11.6 Å². The molecule has 0 fully saturated rings. The zero-order valence-corrected chi connectivity index (χ0v) is 16.8. The van der Waals surface area contributed by atoms with Gasteiger partial charge in [-0.3, -0.25) is 4.57 Å². The quantitative estimate of drug-likeness (QED) is 0.650. The second kappa shape index (κ2) is 6.35. The number of aryl methyl sites for hydroxylation is 1. The Morgan fingerprint density at radius 1 is 1.07 bits per heavy atom. The van der Waals surface area contributed by atoms with E-state index in [4.69, 9.17) is 11.6 Å². The van der Waals surface area contributed by atoms with Gasteiger partial charge in [0.05, 0.1) is 16.3 Å². The number of nitrogens with zero attached hydrogens (tertiary/aromatic N) is 4. The maximum absolute atomic E-state index is 12.2. The van der Waals surface area contributed by atoms with Gasteiger partial charge in [0.2, 0.25) is 0 Å². The lowest BCUT2D eigenvalue weighted by Crippen LogP contribution is -2.22. The molecular weight excluding hydrogens is 384 g/mol. The lowest BCUT2D eigenvalue weighted by Gasteiger charge is -2.27. The van der Waals surface area contributed by atoms with E-state index in [1.165, 1.54) is 6.26 Å². The SMILES string of the molecule is Cc1nnc2n1-c1ccc(S(C)(=O)=O)cc1N(c1ccc(Cl)cc1)CC2C. The van der Waals surface area contributed by atoms with E-state index >= 15 is 0 Å². The summed E-state index contributed by atoms with van der Waals surface area (Å²) >= 11 is 6.05. The Labute approximate surface area is 163 Å². The van der Waals surface area contributed by atoms with Gasteiger partial charge in [0.15, 0.2) is 9.84 Å². The molecule has 1 aliphatic rings. The molecule has 1 aromatic heterocycles. The number of benzene rings is 2. The van der Waals surface area contributed by atoms with Crippen molar-refractivity contribution in [2.75, 3.05) is 17.7 Å². The normalized spacial score (nSPS) is 16.6. The number of hydrogen-bond donors (Lipinski definition) is 0. The summed E-state index contributed by atoms with van der Waals surface area (Å²) in [5.74, 6) is 1.72. The molecule has 8 heteroatoms. The Morgan fingerprint density at radius 3 is 2.44 bits per heavy atom. The van der Waals surface area contributed by atoms with Crippen LogP contribution >= 0.6 is 11.6 Å². The molecule has 27 heavy (non-hydrogen) atoms. The number of halogens is 1. The van der Waals surface area contributed by atoms with Crippen molar-refractivity contribution in [3.63, 3.8) is 0 Å². The standard InChI is InChI=1S/C19H19ClN4O2S/c1-12-11-23(15-6-4-14(20)5-7-15)18-10-16(27(3,25)26)8-9-17(18)24-13(2)21-22-19(12)24/h4-10,12H,11H2,1-3H3. The molecule has 4 rings (SSSR count). The van der Waals surface area contributed by atoms with Crippen LogP contribution < -0.4 is 4.90 Å². The van der Waals surface area contributed by atoms with Crippen molar-refractivity contribution in [2.45, 2.75) is 24.7 Å². The van der Waals surface area contributed by atoms with Crippen LogP contribution in [0.1, 0.15) is 24.5 Å². The van der Waals surface area contributed by atoms with Gasteiger partial charge in [0, 0.05) is 29.4 Å². The van der Waals surface area contributed by atoms with Crippen molar-refractivity contribution in [3.8, 4) is 5.69 Å². The van der Waals surface area contributed by atoms with Crippen molar-refractivity contribution in [2.24, 2.45) is 0 Å². The number of fused-ring (bicyclic) bond motifs is 3. The molecule has 6 nitrogen and oxygen atoms in total. The number of hydrogen-bond acceptors (Lipinski definition) is 5. The first kappa shape index (κ1) is 18.0. The van der Waals surface area contributed by atoms with E-state index in [2.05, 4.69) is 22.0 Å². The van der Waals surface area contributed by atoms with Gasteiger partial charge in [-0.1, -0.05) is 18.5 Å². The molecule has 0 amide bonds. The minimum absolute atomic E-state index is 0.0935. The Morgan fingerprint density at radius 2 is 1.78 bits per heavy atom. The lowest BCUT2D eigenvalue weighted by atomic mass is 10.1. The maximum atomic E-state index is 12.2. The third kappa shape index (κ3) is 3.11. The molecule has 1 atom stereocenters. The number of rotatable bonds is 2. The largest absolute Gasteiger partial charge is 0.339 e. The molecule has 1 unspecified atom stereocenters. The van der Waals surface area contributed by atoms with Crippen molar-refractivity contribution >= 4 is 32.8 Å². The van der Waals surface area contributed by atoms with E-state index in [1.54, 1.807) is 12.1 Å². The third-order valence-electron chi connectivity index (χ3n) is 4.79. The average molecular weight is 403 g/mol. The van der Waals surface area contributed by atoms with Gasteiger partial charge in [-0.05, 0) is 49.4 Å². The topological polar surface area (TPSA) is 68.1 Å². The minimum atomic E-state index is -3.34. The van der Waals surface area contributed by atoms with Gasteiger partial charge < -0.3 is 4.90 Å². The zero-order valence-electron chi connectivity index (χ0n) is 15.2. The predicted molar refractivity (Wildman–Crippen MR) is 106 cm³/mol. The number of sulfone groups is 1. The van der Waals surface area contributed by atoms with Crippen LogP contribution in [-0.4, -0.2) is 36.0 Å². The van der Waals surface area contributed by atoms with Crippen LogP contribution in [0, 0.1) is 6.92 Å². The van der Waals surface area contributed by atoms with Crippen LogP contribution in [-0.2, 0) is 9.84 Å². The van der Waals surface area contributed by atoms with Crippen molar-refractivity contribution < 1.29 is 8.42 Å². The van der Waals surface area contributed by atoms with Crippen LogP contribution in [0.15, 0.2) is 47.4 Å². The Hall–Kier alpha value is -2.38. The smallest absolute Gasteiger partial charge is 0.175 e. The fraction of sp³-hybridized carbons (Fsp3) is 0.263. The lowest BCUT2D eigenvalue weighted by molar-refractivity contribution is 0.602. The summed E-state index contributed by atoms with van der Waals surface area (Å²) in [6.45, 7) is 4.63. The fourth-order valence-corrected chi connectivity index (χ4v) is 4.22. The molecule has 0 N–H and O–H groups in total. The van der Waals surface area contributed by atoms with Gasteiger partial charge in [-0.15, -0.1) is 10.2 Å². The number of aromatic nitrogens is 3. The summed E-state index contributed by atoms with van der Waals surface area (Å²) < 4.78 is 26.3. The second-order valence-electron chi connectivity index (χ2n) is 6.85. The van der Waals surface area contributed by atoms with Crippen LogP contribution in [0.5, 0.6) is 0 Å². The molecule has 1 aliphatic heterocycles. The van der Waals surface area contributed by atoms with Crippen LogP contribution in [0.4, 0.5) is 11.4 Å². The molecule has 0 aliphatic carbocycles. The predicted octanol–water partition coefficient (Wildman–Crippen LogP) is 3.89. The fourth-order valence-electron chi connectivity index (χ4n) is 3.45. The van der Waals surface area contributed by atoms with Crippen LogP contribution in [0.3, 0.4) is 0 Å². The van der Waals surface area contributed by atoms with Crippen LogP contribution in [0.2, 0.25) is 5.02 Å². The van der Waals surface area contributed by atoms with Crippen LogP contribution in [0.25, 0.3) is 5.69 Å². The Kier molecular flexibility index (Phi) is 4.24. The third-order valence-corrected chi connectivity index (χ3v) is 6.15.